The Labute approximate surface area is 140 Å². The topological polar surface area (TPSA) is 64.4 Å². The predicted molar refractivity (Wildman–Crippen MR) is 84.2 cm³/mol. The molecule has 0 saturated carbocycles. The second kappa shape index (κ2) is 7.16. The molecule has 0 fully saturated rings. The van der Waals surface area contributed by atoms with E-state index in [1.165, 1.54) is 30.6 Å². The quantitative estimate of drug-likeness (QED) is 0.554. The summed E-state index contributed by atoms with van der Waals surface area (Å²) in [7, 11) is 0. The van der Waals surface area contributed by atoms with Gasteiger partial charge in [0.05, 0.1) is 4.75 Å². The third-order valence-corrected chi connectivity index (χ3v) is 4.81. The van der Waals surface area contributed by atoms with Crippen molar-refractivity contribution in [2.24, 2.45) is 10.5 Å². The Balaban J connectivity index is 2.50. The highest BCUT2D eigenvalue weighted by Gasteiger charge is 2.41. The lowest BCUT2D eigenvalue weighted by Gasteiger charge is -2.34. The molecule has 1 atom stereocenters. The van der Waals surface area contributed by atoms with Crippen LogP contribution in [0.15, 0.2) is 47.6 Å². The summed E-state index contributed by atoms with van der Waals surface area (Å²) in [6, 6.07) is 5.36. The van der Waals surface area contributed by atoms with Crippen LogP contribution in [0.2, 0.25) is 0 Å². The molecule has 0 spiro atoms. The van der Waals surface area contributed by atoms with Crippen molar-refractivity contribution in [2.45, 2.75) is 25.0 Å². The van der Waals surface area contributed by atoms with Gasteiger partial charge in [-0.2, -0.15) is 0 Å². The molecule has 1 heterocycles. The highest BCUT2D eigenvalue weighted by molar-refractivity contribution is 7.99. The van der Waals surface area contributed by atoms with Gasteiger partial charge in [-0.25, -0.2) is 9.97 Å². The zero-order chi connectivity index (χ0) is 17.8. The van der Waals surface area contributed by atoms with Gasteiger partial charge >= 0.3 is 6.36 Å². The fourth-order valence-corrected chi connectivity index (χ4v) is 3.28. The molecule has 0 aliphatic heterocycles. The molecular formula is C15H14F3N3O2S. The molecule has 2 rings (SSSR count). The monoisotopic (exact) mass is 357 g/mol. The number of alkyl halides is 3. The van der Waals surface area contributed by atoms with E-state index in [2.05, 4.69) is 19.3 Å². The summed E-state index contributed by atoms with van der Waals surface area (Å²) in [6.45, 7) is 3.76. The summed E-state index contributed by atoms with van der Waals surface area (Å²) in [5.41, 5.74) is 1.24. The molecule has 128 valence electrons. The number of aromatic nitrogens is 2. The van der Waals surface area contributed by atoms with Crippen molar-refractivity contribution in [2.75, 3.05) is 0 Å². The lowest BCUT2D eigenvalue weighted by molar-refractivity contribution is -0.274. The molecule has 0 bridgehead atoms. The summed E-state index contributed by atoms with van der Waals surface area (Å²) < 4.78 is 42.8. The molecular weight excluding hydrogens is 343 g/mol. The summed E-state index contributed by atoms with van der Waals surface area (Å²) >= 11 is 0.784. The van der Waals surface area contributed by atoms with Gasteiger partial charge in [0, 0.05) is 34.5 Å². The van der Waals surface area contributed by atoms with Crippen molar-refractivity contribution in [3.63, 3.8) is 0 Å². The van der Waals surface area contributed by atoms with Crippen molar-refractivity contribution < 1.29 is 17.9 Å². The van der Waals surface area contributed by atoms with E-state index in [9.17, 15) is 18.1 Å². The zero-order valence-electron chi connectivity index (χ0n) is 12.8. The summed E-state index contributed by atoms with van der Waals surface area (Å²) in [5, 5.41) is 0. The number of halogens is 3. The largest absolute Gasteiger partial charge is 0.573 e. The molecule has 0 saturated heterocycles. The van der Waals surface area contributed by atoms with Crippen molar-refractivity contribution >= 4 is 11.9 Å². The van der Waals surface area contributed by atoms with Gasteiger partial charge in [0.15, 0.2) is 0 Å². The Kier molecular flexibility index (Phi) is 5.43. The van der Waals surface area contributed by atoms with Gasteiger partial charge in [-0.3, -0.25) is 0 Å². The van der Waals surface area contributed by atoms with E-state index < -0.39 is 11.1 Å². The van der Waals surface area contributed by atoms with Crippen LogP contribution in [0, 0.1) is 10.8 Å². The van der Waals surface area contributed by atoms with E-state index in [1.807, 2.05) is 13.8 Å². The number of nitrogens with zero attached hydrogens (tertiary/aromatic N) is 3. The van der Waals surface area contributed by atoms with Crippen LogP contribution in [0.4, 0.5) is 13.2 Å². The first kappa shape index (κ1) is 18.2. The minimum absolute atomic E-state index is 0.111. The second-order valence-corrected chi connectivity index (χ2v) is 6.23. The molecule has 0 aliphatic rings. The first-order chi connectivity index (χ1) is 11.3. The minimum atomic E-state index is -4.76. The van der Waals surface area contributed by atoms with Gasteiger partial charge in [-0.05, 0) is 23.6 Å². The van der Waals surface area contributed by atoms with Gasteiger partial charge < -0.3 is 4.74 Å². The molecule has 2 aromatic rings. The Morgan fingerprint density at radius 3 is 2.12 bits per heavy atom. The fourth-order valence-electron chi connectivity index (χ4n) is 2.50. The van der Waals surface area contributed by atoms with Crippen LogP contribution in [-0.2, 0) is 4.75 Å². The van der Waals surface area contributed by atoms with Crippen LogP contribution < -0.4 is 4.74 Å². The summed E-state index contributed by atoms with van der Waals surface area (Å²) in [5.74, 6) is -0.446. The summed E-state index contributed by atoms with van der Waals surface area (Å²) in [4.78, 5) is 19.0. The van der Waals surface area contributed by atoms with Gasteiger partial charge in [-0.1, -0.05) is 26.0 Å². The number of hydrogen-bond donors (Lipinski definition) is 0. The first-order valence-electron chi connectivity index (χ1n) is 6.92. The van der Waals surface area contributed by atoms with Crippen molar-refractivity contribution in [1.29, 1.82) is 0 Å². The van der Waals surface area contributed by atoms with Crippen molar-refractivity contribution in [3.05, 3.63) is 59.0 Å². The second-order valence-electron chi connectivity index (χ2n) is 5.26. The van der Waals surface area contributed by atoms with Gasteiger partial charge in [0.25, 0.3) is 0 Å². The molecule has 1 unspecified atom stereocenters. The van der Waals surface area contributed by atoms with E-state index in [1.54, 1.807) is 12.4 Å². The Hall–Kier alpha value is -2.16. The maximum Gasteiger partial charge on any atom is 0.573 e. The van der Waals surface area contributed by atoms with E-state index >= 15 is 0 Å². The Morgan fingerprint density at radius 2 is 1.67 bits per heavy atom. The number of benzene rings is 1. The molecule has 9 heteroatoms. The normalized spacial score (nSPS) is 14.2. The van der Waals surface area contributed by atoms with Gasteiger partial charge in [0.1, 0.15) is 12.1 Å². The van der Waals surface area contributed by atoms with Crippen molar-refractivity contribution in [3.8, 4) is 5.75 Å². The Morgan fingerprint density at radius 1 is 1.08 bits per heavy atom. The zero-order valence-corrected chi connectivity index (χ0v) is 13.6. The van der Waals surface area contributed by atoms with Crippen molar-refractivity contribution in [1.82, 2.24) is 9.97 Å². The molecule has 1 aromatic heterocycles. The van der Waals surface area contributed by atoms with E-state index in [0.29, 0.717) is 11.1 Å². The number of nitroso groups, excluding NO2 is 1. The summed E-state index contributed by atoms with van der Waals surface area (Å²) in [6.07, 6.45) is -0.284. The number of hydrogen-bond acceptors (Lipinski definition) is 6. The van der Waals surface area contributed by atoms with Crippen LogP contribution in [0.3, 0.4) is 0 Å². The molecule has 1 aromatic carbocycles. The maximum atomic E-state index is 12.3. The predicted octanol–water partition coefficient (Wildman–Crippen LogP) is 4.69. The van der Waals surface area contributed by atoms with Crippen LogP contribution in [0.1, 0.15) is 25.0 Å². The lowest BCUT2D eigenvalue weighted by atomic mass is 9.82. The smallest absolute Gasteiger partial charge is 0.406 e. The van der Waals surface area contributed by atoms with Crippen LogP contribution in [-0.4, -0.2) is 16.3 Å². The fraction of sp³-hybridized carbons (Fsp3) is 0.333. The third-order valence-electron chi connectivity index (χ3n) is 3.50. The van der Waals surface area contributed by atoms with Crippen LogP contribution in [0.25, 0.3) is 0 Å². The average Bonchev–Trinajstić information content (AvgIpc) is 2.52. The van der Waals surface area contributed by atoms with Gasteiger partial charge in [0.2, 0.25) is 0 Å². The Bertz CT molecular complexity index is 681. The molecule has 0 N–H and O–H groups in total. The average molecular weight is 357 g/mol. The first-order valence-corrected chi connectivity index (χ1v) is 7.69. The maximum absolute atomic E-state index is 12.3. The lowest BCUT2D eigenvalue weighted by Crippen LogP contribution is -2.30. The minimum Gasteiger partial charge on any atom is -0.406 e. The standard InChI is InChI=1S/C15H14F3N3O2S/c1-10(2)14(24-21-22,12-7-19-9-20-8-12)11-3-5-13(6-4-11)23-15(16,17)18/h3-10H,1-2H3. The highest BCUT2D eigenvalue weighted by atomic mass is 32.2. The number of ether oxygens (including phenoxy) is 1. The molecule has 5 nitrogen and oxygen atoms in total. The van der Waals surface area contributed by atoms with Crippen LogP contribution in [0.5, 0.6) is 5.75 Å². The highest BCUT2D eigenvalue weighted by Crippen LogP contribution is 2.49. The van der Waals surface area contributed by atoms with E-state index in [-0.39, 0.29) is 11.7 Å². The number of rotatable bonds is 6. The third kappa shape index (κ3) is 3.84. The van der Waals surface area contributed by atoms with E-state index in [0.717, 1.165) is 11.9 Å². The van der Waals surface area contributed by atoms with Crippen LogP contribution >= 0.6 is 11.9 Å². The molecule has 24 heavy (non-hydrogen) atoms. The SMILES string of the molecule is CC(C)C(SN=O)(c1ccc(OC(F)(F)F)cc1)c1cncnc1. The molecule has 0 radical (unpaired) electrons. The van der Waals surface area contributed by atoms with Gasteiger partial charge in [-0.15, -0.1) is 18.1 Å². The molecule has 0 aliphatic carbocycles. The molecule has 0 amide bonds. The van der Waals surface area contributed by atoms with E-state index in [4.69, 9.17) is 0 Å².